The summed E-state index contributed by atoms with van der Waals surface area (Å²) in [6.07, 6.45) is 4.47. The highest BCUT2D eigenvalue weighted by molar-refractivity contribution is 9.10. The molecule has 1 rings (SSSR count). The van der Waals surface area contributed by atoms with E-state index in [1.54, 1.807) is 12.2 Å². The van der Waals surface area contributed by atoms with E-state index in [0.717, 1.165) is 0 Å². The van der Waals surface area contributed by atoms with Gasteiger partial charge in [0.15, 0.2) is 4.51 Å². The number of alkyl halides is 1. The molecule has 0 fully saturated rings. The normalized spacial score (nSPS) is 34.6. The van der Waals surface area contributed by atoms with Crippen molar-refractivity contribution in [2.45, 2.75) is 10.6 Å². The van der Waals surface area contributed by atoms with Crippen LogP contribution in [0, 0.1) is 0 Å². The molecular formula is C8H9BrO3. The highest BCUT2D eigenvalue weighted by atomic mass is 79.9. The smallest absolute Gasteiger partial charge is 0.170 e. The van der Waals surface area contributed by atoms with E-state index in [0.29, 0.717) is 11.9 Å². The van der Waals surface area contributed by atoms with Gasteiger partial charge in [0.2, 0.25) is 0 Å². The molecule has 0 aromatic heterocycles. The summed E-state index contributed by atoms with van der Waals surface area (Å²) >= 11 is 3.20. The SMILES string of the molecule is COC1(Br)C=CC(C=O)=CC1O. The molecule has 2 atom stereocenters. The van der Waals surface area contributed by atoms with Crippen molar-refractivity contribution in [1.29, 1.82) is 0 Å². The third kappa shape index (κ3) is 1.65. The average molecular weight is 233 g/mol. The maximum absolute atomic E-state index is 10.3. The molecular weight excluding hydrogens is 224 g/mol. The quantitative estimate of drug-likeness (QED) is 0.566. The first-order chi connectivity index (χ1) is 5.62. The van der Waals surface area contributed by atoms with E-state index in [-0.39, 0.29) is 0 Å². The number of hydrogen-bond donors (Lipinski definition) is 1. The number of aldehydes is 1. The van der Waals surface area contributed by atoms with Crippen molar-refractivity contribution >= 4 is 22.2 Å². The summed E-state index contributed by atoms with van der Waals surface area (Å²) in [4.78, 5) is 10.3. The van der Waals surface area contributed by atoms with Crippen LogP contribution in [0.3, 0.4) is 0 Å². The first-order valence-corrected chi connectivity index (χ1v) is 4.20. The predicted molar refractivity (Wildman–Crippen MR) is 48.0 cm³/mol. The van der Waals surface area contributed by atoms with Crippen molar-refractivity contribution in [2.75, 3.05) is 7.11 Å². The van der Waals surface area contributed by atoms with Crippen molar-refractivity contribution in [3.8, 4) is 0 Å². The Bertz CT molecular complexity index is 247. The van der Waals surface area contributed by atoms with Crippen LogP contribution < -0.4 is 0 Å². The number of aliphatic hydroxyl groups excluding tert-OH is 1. The number of halogens is 1. The van der Waals surface area contributed by atoms with Crippen LogP contribution in [0.25, 0.3) is 0 Å². The molecule has 0 spiro atoms. The van der Waals surface area contributed by atoms with E-state index in [9.17, 15) is 9.90 Å². The molecule has 0 heterocycles. The Kier molecular flexibility index (Phi) is 2.82. The first-order valence-electron chi connectivity index (χ1n) is 3.41. The van der Waals surface area contributed by atoms with Crippen LogP contribution in [0.1, 0.15) is 0 Å². The summed E-state index contributed by atoms with van der Waals surface area (Å²) in [6.45, 7) is 0. The van der Waals surface area contributed by atoms with Gasteiger partial charge in [0, 0.05) is 12.7 Å². The van der Waals surface area contributed by atoms with Crippen molar-refractivity contribution in [3.05, 3.63) is 23.8 Å². The topological polar surface area (TPSA) is 46.5 Å². The molecule has 0 aromatic rings. The highest BCUT2D eigenvalue weighted by Gasteiger charge is 2.33. The van der Waals surface area contributed by atoms with Gasteiger partial charge in [-0.2, -0.15) is 0 Å². The van der Waals surface area contributed by atoms with E-state index < -0.39 is 10.6 Å². The third-order valence-corrected chi connectivity index (χ3v) is 2.76. The largest absolute Gasteiger partial charge is 0.385 e. The van der Waals surface area contributed by atoms with Gasteiger partial charge in [0.05, 0.1) is 0 Å². The van der Waals surface area contributed by atoms with E-state index in [1.165, 1.54) is 13.2 Å². The minimum Gasteiger partial charge on any atom is -0.385 e. The zero-order valence-corrected chi connectivity index (χ0v) is 8.11. The van der Waals surface area contributed by atoms with Crippen LogP contribution in [-0.4, -0.2) is 29.1 Å². The Morgan fingerprint density at radius 1 is 1.83 bits per heavy atom. The number of ether oxygens (including phenoxy) is 1. The van der Waals surface area contributed by atoms with E-state index >= 15 is 0 Å². The number of hydrogen-bond acceptors (Lipinski definition) is 3. The van der Waals surface area contributed by atoms with Crippen molar-refractivity contribution in [1.82, 2.24) is 0 Å². The zero-order valence-electron chi connectivity index (χ0n) is 6.53. The lowest BCUT2D eigenvalue weighted by Gasteiger charge is -2.28. The number of methoxy groups -OCH3 is 1. The first kappa shape index (κ1) is 9.64. The zero-order chi connectivity index (χ0) is 9.19. The number of carbonyl (C=O) groups excluding carboxylic acids is 1. The lowest BCUT2D eigenvalue weighted by atomic mass is 10.0. The molecule has 1 aliphatic rings. The fraction of sp³-hybridized carbons (Fsp3) is 0.375. The Hall–Kier alpha value is -0.450. The second kappa shape index (κ2) is 3.51. The fourth-order valence-corrected chi connectivity index (χ4v) is 1.19. The molecule has 0 amide bonds. The number of rotatable bonds is 2. The Morgan fingerprint density at radius 3 is 2.92 bits per heavy atom. The monoisotopic (exact) mass is 232 g/mol. The maximum Gasteiger partial charge on any atom is 0.170 e. The van der Waals surface area contributed by atoms with Crippen LogP contribution in [0.15, 0.2) is 23.8 Å². The van der Waals surface area contributed by atoms with Gasteiger partial charge >= 0.3 is 0 Å². The van der Waals surface area contributed by atoms with E-state index in [1.807, 2.05) is 0 Å². The van der Waals surface area contributed by atoms with Crippen LogP contribution >= 0.6 is 15.9 Å². The molecule has 3 nitrogen and oxygen atoms in total. The molecule has 0 aliphatic heterocycles. The van der Waals surface area contributed by atoms with Crippen LogP contribution in [-0.2, 0) is 9.53 Å². The van der Waals surface area contributed by atoms with E-state index in [2.05, 4.69) is 15.9 Å². The standard InChI is InChI=1S/C8H9BrO3/c1-12-8(9)3-2-6(5-10)4-7(8)11/h2-5,7,11H,1H3. The van der Waals surface area contributed by atoms with E-state index in [4.69, 9.17) is 4.74 Å². The van der Waals surface area contributed by atoms with Crippen molar-refractivity contribution in [3.63, 3.8) is 0 Å². The molecule has 12 heavy (non-hydrogen) atoms. The van der Waals surface area contributed by atoms with Gasteiger partial charge in [0.1, 0.15) is 12.4 Å². The second-order valence-corrected chi connectivity index (χ2v) is 3.70. The van der Waals surface area contributed by atoms with Gasteiger partial charge in [-0.15, -0.1) is 0 Å². The highest BCUT2D eigenvalue weighted by Crippen LogP contribution is 2.30. The number of carbonyl (C=O) groups is 1. The minimum atomic E-state index is -0.889. The van der Waals surface area contributed by atoms with Gasteiger partial charge in [-0.25, -0.2) is 0 Å². The minimum absolute atomic E-state index is 0.453. The Labute approximate surface area is 78.8 Å². The molecule has 0 saturated carbocycles. The van der Waals surface area contributed by atoms with Gasteiger partial charge < -0.3 is 9.84 Å². The molecule has 0 radical (unpaired) electrons. The predicted octanol–water partition coefficient (Wildman–Crippen LogP) is 0.780. The van der Waals surface area contributed by atoms with Crippen molar-refractivity contribution < 1.29 is 14.6 Å². The van der Waals surface area contributed by atoms with Crippen molar-refractivity contribution in [2.24, 2.45) is 0 Å². The summed E-state index contributed by atoms with van der Waals surface area (Å²) in [5.41, 5.74) is 0.453. The number of allylic oxidation sites excluding steroid dienone is 2. The molecule has 2 unspecified atom stereocenters. The Morgan fingerprint density at radius 2 is 2.50 bits per heavy atom. The molecule has 66 valence electrons. The molecule has 1 aliphatic carbocycles. The summed E-state index contributed by atoms with van der Waals surface area (Å²) in [5.74, 6) is 0. The summed E-state index contributed by atoms with van der Waals surface area (Å²) < 4.78 is 4.11. The fourth-order valence-electron chi connectivity index (χ4n) is 0.927. The second-order valence-electron chi connectivity index (χ2n) is 2.46. The van der Waals surface area contributed by atoms with Crippen LogP contribution in [0.4, 0.5) is 0 Å². The molecule has 4 heteroatoms. The van der Waals surface area contributed by atoms with Gasteiger partial charge in [0.25, 0.3) is 0 Å². The van der Waals surface area contributed by atoms with Gasteiger partial charge in [-0.3, -0.25) is 4.79 Å². The number of aliphatic hydroxyl groups is 1. The summed E-state index contributed by atoms with van der Waals surface area (Å²) in [7, 11) is 1.47. The van der Waals surface area contributed by atoms with Gasteiger partial charge in [-0.05, 0) is 28.1 Å². The Balaban J connectivity index is 2.87. The molecule has 0 aromatic carbocycles. The maximum atomic E-state index is 10.3. The summed E-state index contributed by atoms with van der Waals surface area (Å²) in [5, 5.41) is 9.47. The average Bonchev–Trinajstić information content (AvgIpc) is 2.10. The van der Waals surface area contributed by atoms with Gasteiger partial charge in [-0.1, -0.05) is 6.08 Å². The lowest BCUT2D eigenvalue weighted by Crippen LogP contribution is -2.36. The molecule has 1 N–H and O–H groups in total. The lowest BCUT2D eigenvalue weighted by molar-refractivity contribution is -0.104. The molecule has 0 bridgehead atoms. The third-order valence-electron chi connectivity index (χ3n) is 1.71. The molecule has 0 saturated heterocycles. The van der Waals surface area contributed by atoms with Crippen LogP contribution in [0.5, 0.6) is 0 Å². The summed E-state index contributed by atoms with van der Waals surface area (Å²) in [6, 6.07) is 0. The van der Waals surface area contributed by atoms with Crippen LogP contribution in [0.2, 0.25) is 0 Å².